The van der Waals surface area contributed by atoms with Crippen LogP contribution < -0.4 is 5.32 Å². The van der Waals surface area contributed by atoms with E-state index in [4.69, 9.17) is 14.2 Å². The molecule has 7 nitrogen and oxygen atoms in total. The summed E-state index contributed by atoms with van der Waals surface area (Å²) in [6.45, 7) is 1.14. The summed E-state index contributed by atoms with van der Waals surface area (Å²) in [4.78, 5) is 13.8. The number of sulfone groups is 1. The summed E-state index contributed by atoms with van der Waals surface area (Å²) in [5, 5.41) is 2.90. The molecule has 1 saturated heterocycles. The number of hydrogen-bond donors (Lipinski definition) is 1. The summed E-state index contributed by atoms with van der Waals surface area (Å²) in [6.07, 6.45) is 2.93. The van der Waals surface area contributed by atoms with Crippen molar-refractivity contribution in [2.75, 3.05) is 25.2 Å². The van der Waals surface area contributed by atoms with E-state index in [1.165, 1.54) is 0 Å². The molecule has 0 bridgehead atoms. The third-order valence-electron chi connectivity index (χ3n) is 6.16. The summed E-state index contributed by atoms with van der Waals surface area (Å²) in [7, 11) is -3.57. The second-order valence-corrected chi connectivity index (χ2v) is 11.3. The summed E-state index contributed by atoms with van der Waals surface area (Å²) < 4.78 is 43.5. The largest absolute Gasteiger partial charge is 0.445 e. The van der Waals surface area contributed by atoms with Crippen molar-refractivity contribution in [1.29, 1.82) is 0 Å². The second kappa shape index (κ2) is 10.5. The number of nitrogens with one attached hydrogen (secondary N) is 1. The fourth-order valence-electron chi connectivity index (χ4n) is 4.46. The highest BCUT2D eigenvalue weighted by Crippen LogP contribution is 2.40. The topological polar surface area (TPSA) is 90.9 Å². The van der Waals surface area contributed by atoms with Crippen LogP contribution in [0.2, 0.25) is 0 Å². The van der Waals surface area contributed by atoms with Crippen LogP contribution in [0.5, 0.6) is 0 Å². The SMILES string of the molecule is CSc1ccc(S(=O)(=O)C[C@H]2CC3(CC[C@@H]2NC(=O)OCc2ccccc2)OCCO3)cc1. The summed E-state index contributed by atoms with van der Waals surface area (Å²) in [5.41, 5.74) is 0.885. The maximum atomic E-state index is 13.2. The van der Waals surface area contributed by atoms with Crippen molar-refractivity contribution >= 4 is 27.7 Å². The molecule has 1 aliphatic carbocycles. The molecule has 1 amide bonds. The number of carbonyl (C=O) groups is 1. The number of amides is 1. The molecule has 1 N–H and O–H groups in total. The van der Waals surface area contributed by atoms with E-state index in [0.29, 0.717) is 32.5 Å². The van der Waals surface area contributed by atoms with E-state index in [1.807, 2.05) is 36.6 Å². The average molecular weight is 492 g/mol. The Labute approximate surface area is 199 Å². The van der Waals surface area contributed by atoms with Gasteiger partial charge in [-0.15, -0.1) is 11.8 Å². The van der Waals surface area contributed by atoms with Crippen LogP contribution in [0, 0.1) is 5.92 Å². The van der Waals surface area contributed by atoms with Crippen LogP contribution in [-0.2, 0) is 30.7 Å². The van der Waals surface area contributed by atoms with Crippen LogP contribution in [0.25, 0.3) is 0 Å². The van der Waals surface area contributed by atoms with Gasteiger partial charge in [-0.2, -0.15) is 0 Å². The number of rotatable bonds is 7. The summed E-state index contributed by atoms with van der Waals surface area (Å²) in [5.74, 6) is -1.25. The second-order valence-electron chi connectivity index (χ2n) is 8.38. The smallest absolute Gasteiger partial charge is 0.407 e. The quantitative estimate of drug-likeness (QED) is 0.585. The van der Waals surface area contributed by atoms with Gasteiger partial charge < -0.3 is 19.5 Å². The first kappa shape index (κ1) is 24.1. The Morgan fingerprint density at radius 3 is 2.48 bits per heavy atom. The number of benzene rings is 2. The van der Waals surface area contributed by atoms with Crippen molar-refractivity contribution in [2.24, 2.45) is 5.92 Å². The molecule has 1 spiro atoms. The van der Waals surface area contributed by atoms with Crippen LogP contribution in [-0.4, -0.2) is 51.6 Å². The van der Waals surface area contributed by atoms with Gasteiger partial charge in [0.05, 0.1) is 23.9 Å². The van der Waals surface area contributed by atoms with Crippen LogP contribution in [0.15, 0.2) is 64.4 Å². The molecule has 0 aromatic heterocycles. The third-order valence-corrected chi connectivity index (χ3v) is 8.76. The van der Waals surface area contributed by atoms with E-state index in [2.05, 4.69) is 5.32 Å². The number of ether oxygens (including phenoxy) is 3. The third kappa shape index (κ3) is 6.09. The van der Waals surface area contributed by atoms with Crippen LogP contribution in [0.4, 0.5) is 4.79 Å². The zero-order chi connectivity index (χ0) is 23.3. The van der Waals surface area contributed by atoms with Crippen molar-refractivity contribution in [1.82, 2.24) is 5.32 Å². The minimum Gasteiger partial charge on any atom is -0.445 e. The van der Waals surface area contributed by atoms with Crippen molar-refractivity contribution in [3.8, 4) is 0 Å². The van der Waals surface area contributed by atoms with Gasteiger partial charge in [-0.3, -0.25) is 0 Å². The highest BCUT2D eigenvalue weighted by atomic mass is 32.2. The Bertz CT molecular complexity index is 1040. The average Bonchev–Trinajstić information content (AvgIpc) is 3.28. The molecule has 2 aromatic carbocycles. The van der Waals surface area contributed by atoms with Crippen molar-refractivity contribution in [3.05, 3.63) is 60.2 Å². The first-order valence-corrected chi connectivity index (χ1v) is 13.9. The lowest BCUT2D eigenvalue weighted by molar-refractivity contribution is -0.188. The van der Waals surface area contributed by atoms with Gasteiger partial charge in [0, 0.05) is 23.8 Å². The molecule has 2 aliphatic rings. The molecule has 33 heavy (non-hydrogen) atoms. The van der Waals surface area contributed by atoms with Gasteiger partial charge in [0.15, 0.2) is 15.6 Å². The van der Waals surface area contributed by atoms with E-state index in [-0.39, 0.29) is 29.2 Å². The molecule has 4 rings (SSSR count). The number of carbonyl (C=O) groups excluding carboxylic acids is 1. The summed E-state index contributed by atoms with van der Waals surface area (Å²) >= 11 is 1.56. The van der Waals surface area contributed by atoms with Gasteiger partial charge in [0.1, 0.15) is 6.61 Å². The van der Waals surface area contributed by atoms with E-state index in [1.54, 1.807) is 36.0 Å². The number of alkyl carbamates (subject to hydrolysis) is 1. The Morgan fingerprint density at radius 1 is 1.12 bits per heavy atom. The normalized spacial score (nSPS) is 22.2. The van der Waals surface area contributed by atoms with Gasteiger partial charge in [-0.05, 0) is 48.4 Å². The van der Waals surface area contributed by atoms with Gasteiger partial charge in [0.25, 0.3) is 0 Å². The fraction of sp³-hybridized carbons (Fsp3) is 0.458. The Kier molecular flexibility index (Phi) is 7.63. The fourth-order valence-corrected chi connectivity index (χ4v) is 6.52. The van der Waals surface area contributed by atoms with Gasteiger partial charge in [-0.25, -0.2) is 13.2 Å². The number of hydrogen-bond acceptors (Lipinski definition) is 7. The minimum atomic E-state index is -3.57. The maximum absolute atomic E-state index is 13.2. The standard InChI is InChI=1S/C24H29NO6S2/c1-32-20-7-9-21(10-8-20)33(27,28)17-19-15-24(30-13-14-31-24)12-11-22(19)25-23(26)29-16-18-5-3-2-4-6-18/h2-10,19,22H,11-17H2,1H3,(H,25,26)/t19-,22+/m1/s1. The lowest BCUT2D eigenvalue weighted by Crippen LogP contribution is -2.51. The monoisotopic (exact) mass is 491 g/mol. The zero-order valence-corrected chi connectivity index (χ0v) is 20.2. The highest BCUT2D eigenvalue weighted by Gasteiger charge is 2.46. The first-order chi connectivity index (χ1) is 15.9. The molecule has 9 heteroatoms. The van der Waals surface area contributed by atoms with E-state index >= 15 is 0 Å². The molecule has 0 radical (unpaired) electrons. The zero-order valence-electron chi connectivity index (χ0n) is 18.6. The van der Waals surface area contributed by atoms with E-state index in [0.717, 1.165) is 10.5 Å². The predicted octanol–water partition coefficient (Wildman–Crippen LogP) is 4.02. The Balaban J connectivity index is 1.45. The van der Waals surface area contributed by atoms with Crippen LogP contribution in [0.3, 0.4) is 0 Å². The molecule has 2 aromatic rings. The molecule has 2 atom stereocenters. The minimum absolute atomic E-state index is 0.107. The molecule has 178 valence electrons. The lowest BCUT2D eigenvalue weighted by atomic mass is 9.81. The van der Waals surface area contributed by atoms with E-state index in [9.17, 15) is 13.2 Å². The molecule has 2 fully saturated rings. The van der Waals surface area contributed by atoms with E-state index < -0.39 is 21.7 Å². The molecule has 1 saturated carbocycles. The van der Waals surface area contributed by atoms with Crippen LogP contribution >= 0.6 is 11.8 Å². The van der Waals surface area contributed by atoms with Crippen molar-refractivity contribution < 1.29 is 27.4 Å². The lowest BCUT2D eigenvalue weighted by Gasteiger charge is -2.41. The molecular formula is C24H29NO6S2. The number of thioether (sulfide) groups is 1. The predicted molar refractivity (Wildman–Crippen MR) is 126 cm³/mol. The molecule has 1 heterocycles. The molecule has 0 unspecified atom stereocenters. The highest BCUT2D eigenvalue weighted by molar-refractivity contribution is 7.98. The Hall–Kier alpha value is -2.07. The van der Waals surface area contributed by atoms with Gasteiger partial charge in [-0.1, -0.05) is 30.3 Å². The van der Waals surface area contributed by atoms with Crippen molar-refractivity contribution in [3.63, 3.8) is 0 Å². The van der Waals surface area contributed by atoms with Gasteiger partial charge in [0.2, 0.25) is 0 Å². The van der Waals surface area contributed by atoms with Crippen LogP contribution in [0.1, 0.15) is 24.8 Å². The molecule has 1 aliphatic heterocycles. The first-order valence-electron chi connectivity index (χ1n) is 11.0. The van der Waals surface area contributed by atoms with Gasteiger partial charge >= 0.3 is 6.09 Å². The summed E-state index contributed by atoms with van der Waals surface area (Å²) in [6, 6.07) is 15.9. The Morgan fingerprint density at radius 2 is 1.82 bits per heavy atom. The molecular weight excluding hydrogens is 462 g/mol. The maximum Gasteiger partial charge on any atom is 0.407 e. The van der Waals surface area contributed by atoms with Crippen molar-refractivity contribution in [2.45, 2.75) is 47.5 Å².